The molecule has 0 atom stereocenters. The maximum Gasteiger partial charge on any atom is 0.0482 e. The molecule has 0 amide bonds. The molecule has 152 valence electrons. The molecule has 3 aromatic rings. The standard InChI is InChI=1S/C24H20I3N3/c1-11-5-23-16(8-18(11)26)14-3-4-15(14)17-9-19(27)20(28)10-24(17)30-22-7-13(25)6-21(29-23)12(22)2/h5-10,29-30H,3-4,28H2,1-2H3. The number of nitrogen functional groups attached to an aromatic ring is 1. The number of allylic oxidation sites excluding steroid dienone is 2. The Hall–Kier alpha value is -1.01. The fourth-order valence-corrected chi connectivity index (χ4v) is 5.73. The van der Waals surface area contributed by atoms with Crippen molar-refractivity contribution in [2.75, 3.05) is 16.4 Å². The van der Waals surface area contributed by atoms with Crippen LogP contribution < -0.4 is 16.4 Å². The first kappa shape index (κ1) is 20.9. The zero-order chi connectivity index (χ0) is 21.2. The Bertz CT molecular complexity index is 1170. The Balaban J connectivity index is 1.87. The molecule has 4 N–H and O–H groups in total. The molecular formula is C24H20I3N3. The molecule has 0 spiro atoms. The van der Waals surface area contributed by atoms with Crippen molar-refractivity contribution < 1.29 is 0 Å². The summed E-state index contributed by atoms with van der Waals surface area (Å²) in [5, 5.41) is 7.47. The van der Waals surface area contributed by atoms with Crippen molar-refractivity contribution in [1.29, 1.82) is 0 Å². The maximum atomic E-state index is 6.31. The molecule has 0 unspecified atom stereocenters. The number of nitrogens with one attached hydrogen (secondary N) is 2. The van der Waals surface area contributed by atoms with Crippen molar-refractivity contribution in [3.05, 3.63) is 69.4 Å². The molecule has 30 heavy (non-hydrogen) atoms. The quantitative estimate of drug-likeness (QED) is 0.162. The van der Waals surface area contributed by atoms with Gasteiger partial charge in [-0.25, -0.2) is 0 Å². The summed E-state index contributed by atoms with van der Waals surface area (Å²) in [5.74, 6) is 0. The van der Waals surface area contributed by atoms with Gasteiger partial charge in [-0.2, -0.15) is 0 Å². The molecule has 1 aliphatic heterocycles. The molecule has 0 aromatic heterocycles. The predicted octanol–water partition coefficient (Wildman–Crippen LogP) is 8.20. The van der Waals surface area contributed by atoms with Gasteiger partial charge in [0.15, 0.2) is 0 Å². The van der Waals surface area contributed by atoms with Crippen LogP contribution in [-0.2, 0) is 0 Å². The van der Waals surface area contributed by atoms with Crippen molar-refractivity contribution in [1.82, 2.24) is 0 Å². The molecule has 2 aliphatic rings. The number of aryl methyl sites for hydroxylation is 1. The van der Waals surface area contributed by atoms with Gasteiger partial charge >= 0.3 is 0 Å². The Morgan fingerprint density at radius 3 is 1.80 bits per heavy atom. The zero-order valence-corrected chi connectivity index (χ0v) is 23.1. The average Bonchev–Trinajstić information content (AvgIpc) is 2.65. The number of halogens is 3. The summed E-state index contributed by atoms with van der Waals surface area (Å²) < 4.78 is 3.58. The Labute approximate surface area is 217 Å². The van der Waals surface area contributed by atoms with Gasteiger partial charge in [-0.05, 0) is 153 Å². The summed E-state index contributed by atoms with van der Waals surface area (Å²) in [7, 11) is 0. The van der Waals surface area contributed by atoms with Gasteiger partial charge in [-0.15, -0.1) is 0 Å². The van der Waals surface area contributed by atoms with E-state index in [0.29, 0.717) is 0 Å². The fourth-order valence-electron chi connectivity index (χ4n) is 4.18. The van der Waals surface area contributed by atoms with Crippen LogP contribution in [0.1, 0.15) is 35.1 Å². The van der Waals surface area contributed by atoms with Crippen molar-refractivity contribution in [3.63, 3.8) is 0 Å². The molecule has 0 saturated carbocycles. The Morgan fingerprint density at radius 2 is 1.23 bits per heavy atom. The topological polar surface area (TPSA) is 50.1 Å². The van der Waals surface area contributed by atoms with Gasteiger partial charge < -0.3 is 16.4 Å². The fraction of sp³-hybridized carbons (Fsp3) is 0.167. The Kier molecular flexibility index (Phi) is 5.46. The van der Waals surface area contributed by atoms with E-state index in [4.69, 9.17) is 5.73 Å². The van der Waals surface area contributed by atoms with Gasteiger partial charge in [-0.3, -0.25) is 0 Å². The highest BCUT2D eigenvalue weighted by Crippen LogP contribution is 2.49. The number of anilines is 5. The molecule has 0 fully saturated rings. The van der Waals surface area contributed by atoms with Gasteiger partial charge in [0.1, 0.15) is 0 Å². The van der Waals surface area contributed by atoms with Crippen LogP contribution in [0, 0.1) is 24.6 Å². The largest absolute Gasteiger partial charge is 0.398 e. The van der Waals surface area contributed by atoms with E-state index in [0.717, 1.165) is 39.2 Å². The van der Waals surface area contributed by atoms with E-state index >= 15 is 0 Å². The molecule has 0 radical (unpaired) electrons. The lowest BCUT2D eigenvalue weighted by Crippen LogP contribution is -2.08. The highest BCUT2D eigenvalue weighted by molar-refractivity contribution is 14.1. The second-order valence-corrected chi connectivity index (χ2v) is 11.5. The minimum Gasteiger partial charge on any atom is -0.398 e. The molecule has 3 aromatic carbocycles. The van der Waals surface area contributed by atoms with Crippen molar-refractivity contribution >= 4 is 107 Å². The lowest BCUT2D eigenvalue weighted by molar-refractivity contribution is 1.01. The molecule has 3 nitrogen and oxygen atoms in total. The summed E-state index contributed by atoms with van der Waals surface area (Å²) in [5.41, 5.74) is 19.6. The van der Waals surface area contributed by atoms with Crippen LogP contribution in [0.3, 0.4) is 0 Å². The SMILES string of the molecule is Cc1cc2c(cc1I)C1=C(CC1)c1cc(I)c(N)cc1Nc1cc(I)cc(c1C)N2. The Morgan fingerprint density at radius 1 is 0.700 bits per heavy atom. The minimum atomic E-state index is 0.811. The van der Waals surface area contributed by atoms with Crippen LogP contribution >= 0.6 is 67.8 Å². The van der Waals surface area contributed by atoms with Gasteiger partial charge in [0.05, 0.1) is 0 Å². The second kappa shape index (κ2) is 7.84. The second-order valence-electron chi connectivity index (χ2n) is 7.90. The van der Waals surface area contributed by atoms with E-state index in [1.54, 1.807) is 0 Å². The van der Waals surface area contributed by atoms with E-state index in [1.807, 2.05) is 0 Å². The third-order valence-corrected chi connectivity index (χ3v) is 8.71. The maximum absolute atomic E-state index is 6.31. The summed E-state index contributed by atoms with van der Waals surface area (Å²) in [6.07, 6.45) is 2.18. The van der Waals surface area contributed by atoms with E-state index in [2.05, 4.69) is 129 Å². The van der Waals surface area contributed by atoms with Crippen molar-refractivity contribution in [2.24, 2.45) is 0 Å². The molecule has 0 saturated heterocycles. The summed E-state index contributed by atoms with van der Waals surface area (Å²) in [4.78, 5) is 0. The summed E-state index contributed by atoms with van der Waals surface area (Å²) >= 11 is 7.19. The number of hydrogen-bond acceptors (Lipinski definition) is 3. The lowest BCUT2D eigenvalue weighted by Gasteiger charge is -2.28. The van der Waals surface area contributed by atoms with Gasteiger partial charge in [0.2, 0.25) is 0 Å². The van der Waals surface area contributed by atoms with Gasteiger partial charge in [0, 0.05) is 50.3 Å². The highest BCUT2D eigenvalue weighted by atomic mass is 127. The van der Waals surface area contributed by atoms with Crippen LogP contribution in [0.15, 0.2) is 36.4 Å². The minimum absolute atomic E-state index is 0.811. The lowest BCUT2D eigenvalue weighted by atomic mass is 9.78. The number of fused-ring (bicyclic) bond motifs is 6. The van der Waals surface area contributed by atoms with Gasteiger partial charge in [-0.1, -0.05) is 0 Å². The van der Waals surface area contributed by atoms with E-state index in [-0.39, 0.29) is 0 Å². The number of nitrogens with two attached hydrogens (primary N) is 1. The van der Waals surface area contributed by atoms with Crippen molar-refractivity contribution in [2.45, 2.75) is 26.7 Å². The summed E-state index contributed by atoms with van der Waals surface area (Å²) in [6.45, 7) is 4.35. The molecule has 1 aliphatic carbocycles. The third kappa shape index (κ3) is 3.52. The monoisotopic (exact) mass is 731 g/mol. The van der Waals surface area contributed by atoms with Crippen LogP contribution in [0.2, 0.25) is 0 Å². The van der Waals surface area contributed by atoms with E-state index in [9.17, 15) is 0 Å². The summed E-state index contributed by atoms with van der Waals surface area (Å²) in [6, 6.07) is 13.4. The molecule has 2 bridgehead atoms. The van der Waals surface area contributed by atoms with Crippen molar-refractivity contribution in [3.8, 4) is 0 Å². The average molecular weight is 731 g/mol. The first-order valence-corrected chi connectivity index (χ1v) is 13.0. The molecule has 5 rings (SSSR count). The van der Waals surface area contributed by atoms with Crippen LogP contribution in [0.5, 0.6) is 0 Å². The van der Waals surface area contributed by atoms with Gasteiger partial charge in [0.25, 0.3) is 0 Å². The zero-order valence-electron chi connectivity index (χ0n) is 16.6. The molecule has 6 heteroatoms. The number of benzene rings is 3. The highest BCUT2D eigenvalue weighted by Gasteiger charge is 2.27. The molecule has 1 heterocycles. The van der Waals surface area contributed by atoms with Crippen LogP contribution in [0.25, 0.3) is 11.1 Å². The first-order valence-electron chi connectivity index (χ1n) is 9.78. The van der Waals surface area contributed by atoms with Crippen LogP contribution in [0.4, 0.5) is 28.4 Å². The predicted molar refractivity (Wildman–Crippen MR) is 154 cm³/mol. The third-order valence-electron chi connectivity index (χ3n) is 5.99. The van der Waals surface area contributed by atoms with Crippen LogP contribution in [-0.4, -0.2) is 0 Å². The smallest absolute Gasteiger partial charge is 0.0482 e. The van der Waals surface area contributed by atoms with E-state index in [1.165, 1.54) is 46.2 Å². The first-order chi connectivity index (χ1) is 14.3. The number of rotatable bonds is 0. The molecular weight excluding hydrogens is 711 g/mol. The van der Waals surface area contributed by atoms with E-state index < -0.39 is 0 Å². The normalized spacial score (nSPS) is 14.4. The number of hydrogen-bond donors (Lipinski definition) is 3.